The first-order valence-electron chi connectivity index (χ1n) is 5.28. The van der Waals surface area contributed by atoms with Crippen LogP contribution in [0.2, 0.25) is 0 Å². The topological polar surface area (TPSA) is 24.9 Å². The minimum absolute atomic E-state index is 0.294. The second kappa shape index (κ2) is 7.20. The van der Waals surface area contributed by atoms with Crippen LogP contribution >= 0.6 is 31.9 Å². The van der Waals surface area contributed by atoms with Gasteiger partial charge in [0.05, 0.1) is 11.7 Å². The van der Waals surface area contributed by atoms with Crippen LogP contribution in [0.15, 0.2) is 33.9 Å². The van der Waals surface area contributed by atoms with Gasteiger partial charge in [-0.15, -0.1) is 6.58 Å². The Bertz CT molecular complexity index is 353. The third kappa shape index (κ3) is 4.00. The molecule has 16 heavy (non-hydrogen) atoms. The van der Waals surface area contributed by atoms with Gasteiger partial charge in [0.1, 0.15) is 0 Å². The number of nitrogens with zero attached hydrogens (tertiary/aromatic N) is 1. The average molecular weight is 348 g/mol. The van der Waals surface area contributed by atoms with Crippen molar-refractivity contribution in [2.75, 3.05) is 7.05 Å². The first-order chi connectivity index (χ1) is 7.69. The Morgan fingerprint density at radius 1 is 1.56 bits per heavy atom. The first kappa shape index (κ1) is 13.9. The molecular formula is C12H16Br2N2. The van der Waals surface area contributed by atoms with Crippen molar-refractivity contribution < 1.29 is 0 Å². The fraction of sp³-hybridized carbons (Fsp3) is 0.417. The molecule has 0 amide bonds. The van der Waals surface area contributed by atoms with Crippen molar-refractivity contribution in [1.29, 1.82) is 0 Å². The van der Waals surface area contributed by atoms with Gasteiger partial charge in [-0.2, -0.15) is 0 Å². The Hall–Kier alpha value is -0.190. The van der Waals surface area contributed by atoms with Crippen LogP contribution in [-0.2, 0) is 0 Å². The maximum Gasteiger partial charge on any atom is 0.0715 e. The van der Waals surface area contributed by atoms with Crippen LogP contribution in [0.3, 0.4) is 0 Å². The minimum atomic E-state index is 0.294. The van der Waals surface area contributed by atoms with Gasteiger partial charge in [-0.1, -0.05) is 6.08 Å². The summed E-state index contributed by atoms with van der Waals surface area (Å²) in [5.74, 6) is 0. The van der Waals surface area contributed by atoms with Crippen molar-refractivity contribution in [3.8, 4) is 0 Å². The third-order valence-electron chi connectivity index (χ3n) is 2.42. The molecule has 1 aromatic rings. The number of aromatic nitrogens is 1. The van der Waals surface area contributed by atoms with Gasteiger partial charge in [0, 0.05) is 15.1 Å². The molecule has 0 aliphatic heterocycles. The van der Waals surface area contributed by atoms with Crippen molar-refractivity contribution in [2.45, 2.75) is 25.3 Å². The van der Waals surface area contributed by atoms with Gasteiger partial charge in [0.25, 0.3) is 0 Å². The van der Waals surface area contributed by atoms with E-state index in [2.05, 4.69) is 48.7 Å². The lowest BCUT2D eigenvalue weighted by Gasteiger charge is -2.16. The van der Waals surface area contributed by atoms with Gasteiger partial charge in [0.2, 0.25) is 0 Å². The molecule has 1 atom stereocenters. The highest BCUT2D eigenvalue weighted by Gasteiger charge is 2.13. The van der Waals surface area contributed by atoms with Crippen molar-refractivity contribution >= 4 is 31.9 Å². The number of rotatable bonds is 6. The zero-order valence-electron chi connectivity index (χ0n) is 9.34. The first-order valence-corrected chi connectivity index (χ1v) is 6.86. The maximum absolute atomic E-state index is 4.45. The van der Waals surface area contributed by atoms with Gasteiger partial charge in [-0.25, -0.2) is 0 Å². The summed E-state index contributed by atoms with van der Waals surface area (Å²) in [4.78, 5) is 4.45. The van der Waals surface area contributed by atoms with Crippen LogP contribution in [0, 0.1) is 0 Å². The number of nitrogens with one attached hydrogen (secondary N) is 1. The van der Waals surface area contributed by atoms with Crippen molar-refractivity contribution in [3.05, 3.63) is 39.6 Å². The quantitative estimate of drug-likeness (QED) is 0.615. The van der Waals surface area contributed by atoms with Crippen LogP contribution < -0.4 is 5.32 Å². The lowest BCUT2D eigenvalue weighted by Crippen LogP contribution is -2.18. The van der Waals surface area contributed by atoms with E-state index >= 15 is 0 Å². The number of halogens is 2. The van der Waals surface area contributed by atoms with Crippen LogP contribution in [-0.4, -0.2) is 12.0 Å². The smallest absolute Gasteiger partial charge is 0.0715 e. The van der Waals surface area contributed by atoms with Crippen LogP contribution in [0.5, 0.6) is 0 Å². The van der Waals surface area contributed by atoms with Crippen molar-refractivity contribution in [1.82, 2.24) is 10.3 Å². The average Bonchev–Trinajstić information content (AvgIpc) is 2.26. The summed E-state index contributed by atoms with van der Waals surface area (Å²) < 4.78 is 2.03. The maximum atomic E-state index is 4.45. The third-order valence-corrected chi connectivity index (χ3v) is 3.48. The number of unbranched alkanes of at least 4 members (excludes halogenated alkanes) is 1. The van der Waals surface area contributed by atoms with Gasteiger partial charge in [0.15, 0.2) is 0 Å². The summed E-state index contributed by atoms with van der Waals surface area (Å²) in [6, 6.07) is 2.32. The summed E-state index contributed by atoms with van der Waals surface area (Å²) in [5.41, 5.74) is 1.06. The number of hydrogen-bond donors (Lipinski definition) is 1. The molecule has 0 spiro atoms. The standard InChI is InChI=1S/C12H16Br2N2/c1-3-4-5-6-11(15-2)12-10(14)7-9(13)8-16-12/h3,7-8,11,15H,1,4-6H2,2H3. The van der Waals surface area contributed by atoms with Crippen LogP contribution in [0.1, 0.15) is 31.0 Å². The highest BCUT2D eigenvalue weighted by molar-refractivity contribution is 9.11. The van der Waals surface area contributed by atoms with E-state index in [1.165, 1.54) is 0 Å². The number of pyridine rings is 1. The van der Waals surface area contributed by atoms with Crippen molar-refractivity contribution in [3.63, 3.8) is 0 Å². The van der Waals surface area contributed by atoms with Gasteiger partial charge in [-0.05, 0) is 64.2 Å². The summed E-state index contributed by atoms with van der Waals surface area (Å²) in [5, 5.41) is 3.30. The van der Waals surface area contributed by atoms with E-state index in [0.29, 0.717) is 6.04 Å². The van der Waals surface area contributed by atoms with Crippen LogP contribution in [0.4, 0.5) is 0 Å². The van der Waals surface area contributed by atoms with E-state index in [1.807, 2.05) is 25.4 Å². The molecule has 1 N–H and O–H groups in total. The highest BCUT2D eigenvalue weighted by Crippen LogP contribution is 2.27. The number of allylic oxidation sites excluding steroid dienone is 1. The van der Waals surface area contributed by atoms with Gasteiger partial charge in [-0.3, -0.25) is 4.98 Å². The lowest BCUT2D eigenvalue weighted by atomic mass is 10.1. The fourth-order valence-corrected chi connectivity index (χ4v) is 2.83. The molecule has 0 aliphatic rings. The summed E-state index contributed by atoms with van der Waals surface area (Å²) in [6.45, 7) is 3.73. The Morgan fingerprint density at radius 3 is 2.88 bits per heavy atom. The van der Waals surface area contributed by atoms with E-state index in [-0.39, 0.29) is 0 Å². The minimum Gasteiger partial charge on any atom is -0.312 e. The molecule has 88 valence electrons. The highest BCUT2D eigenvalue weighted by atomic mass is 79.9. The van der Waals surface area contributed by atoms with E-state index in [9.17, 15) is 0 Å². The van der Waals surface area contributed by atoms with Gasteiger partial charge >= 0.3 is 0 Å². The lowest BCUT2D eigenvalue weighted by molar-refractivity contribution is 0.516. The molecule has 1 heterocycles. The molecule has 0 saturated heterocycles. The molecule has 0 radical (unpaired) electrons. The van der Waals surface area contributed by atoms with Crippen molar-refractivity contribution in [2.24, 2.45) is 0 Å². The zero-order valence-corrected chi connectivity index (χ0v) is 12.5. The monoisotopic (exact) mass is 346 g/mol. The van der Waals surface area contributed by atoms with E-state index in [4.69, 9.17) is 0 Å². The molecule has 0 aliphatic carbocycles. The molecule has 1 rings (SSSR count). The Kier molecular flexibility index (Phi) is 6.24. The predicted octanol–water partition coefficient (Wildman–Crippen LogP) is 4.22. The Morgan fingerprint density at radius 2 is 2.31 bits per heavy atom. The normalized spacial score (nSPS) is 12.4. The summed E-state index contributed by atoms with van der Waals surface area (Å²) in [7, 11) is 1.97. The SMILES string of the molecule is C=CCCCC(NC)c1ncc(Br)cc1Br. The fourth-order valence-electron chi connectivity index (χ4n) is 1.57. The molecule has 4 heteroatoms. The molecule has 0 fully saturated rings. The molecule has 0 bridgehead atoms. The van der Waals surface area contributed by atoms with Crippen LogP contribution in [0.25, 0.3) is 0 Å². The Labute approximate surface area is 114 Å². The summed E-state index contributed by atoms with van der Waals surface area (Å²) in [6.07, 6.45) is 7.02. The molecule has 0 saturated carbocycles. The second-order valence-electron chi connectivity index (χ2n) is 3.58. The molecule has 2 nitrogen and oxygen atoms in total. The predicted molar refractivity (Wildman–Crippen MR) is 75.5 cm³/mol. The number of hydrogen-bond acceptors (Lipinski definition) is 2. The molecule has 1 aromatic heterocycles. The van der Waals surface area contributed by atoms with E-state index in [0.717, 1.165) is 33.9 Å². The molecule has 1 unspecified atom stereocenters. The second-order valence-corrected chi connectivity index (χ2v) is 5.35. The van der Waals surface area contributed by atoms with E-state index < -0.39 is 0 Å². The largest absolute Gasteiger partial charge is 0.312 e. The summed E-state index contributed by atoms with van der Waals surface area (Å²) >= 11 is 6.95. The molecular weight excluding hydrogens is 332 g/mol. The Balaban J connectivity index is 2.74. The van der Waals surface area contributed by atoms with Gasteiger partial charge < -0.3 is 5.32 Å². The zero-order chi connectivity index (χ0) is 12.0. The molecule has 0 aromatic carbocycles. The van der Waals surface area contributed by atoms with E-state index in [1.54, 1.807) is 0 Å².